The molecule has 2 nitrogen and oxygen atoms in total. The van der Waals surface area contributed by atoms with Gasteiger partial charge in [0.05, 0.1) is 0 Å². The van der Waals surface area contributed by atoms with Gasteiger partial charge in [-0.15, -0.1) is 0 Å². The van der Waals surface area contributed by atoms with Crippen LogP contribution in [0, 0.1) is 5.92 Å². The summed E-state index contributed by atoms with van der Waals surface area (Å²) in [6, 6.07) is 0.753. The Morgan fingerprint density at radius 2 is 2.00 bits per heavy atom. The highest BCUT2D eigenvalue weighted by molar-refractivity contribution is 5.81. The molecule has 1 aliphatic heterocycles. The van der Waals surface area contributed by atoms with E-state index in [0.717, 1.165) is 31.8 Å². The van der Waals surface area contributed by atoms with E-state index in [1.807, 2.05) is 0 Å². The van der Waals surface area contributed by atoms with Crippen molar-refractivity contribution in [3.8, 4) is 0 Å². The summed E-state index contributed by atoms with van der Waals surface area (Å²) in [5, 5.41) is 0. The third-order valence-electron chi connectivity index (χ3n) is 4.36. The van der Waals surface area contributed by atoms with Crippen LogP contribution in [0.4, 0.5) is 0 Å². The zero-order chi connectivity index (χ0) is 11.4. The highest BCUT2D eigenvalue weighted by Crippen LogP contribution is 2.26. The molecule has 1 saturated heterocycles. The number of rotatable bonds is 3. The quantitative estimate of drug-likeness (QED) is 0.733. The predicted octanol–water partition coefficient (Wildman–Crippen LogP) is 3.01. The maximum absolute atomic E-state index is 11.8. The highest BCUT2D eigenvalue weighted by Gasteiger charge is 2.28. The fourth-order valence-corrected chi connectivity index (χ4v) is 3.29. The van der Waals surface area contributed by atoms with Crippen molar-refractivity contribution in [3.63, 3.8) is 0 Å². The van der Waals surface area contributed by atoms with E-state index in [4.69, 9.17) is 0 Å². The standard InChI is InChI=1S/C14H25NO/c1-2-13-8-5-6-10-15(13)11-12-7-3-4-9-14(12)16/h12-13H,2-11H2,1H3. The van der Waals surface area contributed by atoms with Crippen molar-refractivity contribution in [1.29, 1.82) is 0 Å². The summed E-state index contributed by atoms with van der Waals surface area (Å²) in [5.41, 5.74) is 0. The summed E-state index contributed by atoms with van der Waals surface area (Å²) in [6.07, 6.45) is 9.69. The van der Waals surface area contributed by atoms with Crippen LogP contribution < -0.4 is 0 Å². The monoisotopic (exact) mass is 223 g/mol. The Hall–Kier alpha value is -0.370. The molecule has 2 aliphatic rings. The van der Waals surface area contributed by atoms with Crippen molar-refractivity contribution in [2.45, 2.75) is 64.3 Å². The Balaban J connectivity index is 1.88. The van der Waals surface area contributed by atoms with Crippen molar-refractivity contribution in [2.75, 3.05) is 13.1 Å². The Bertz CT molecular complexity index is 239. The largest absolute Gasteiger partial charge is 0.300 e. The van der Waals surface area contributed by atoms with Gasteiger partial charge in [0.25, 0.3) is 0 Å². The van der Waals surface area contributed by atoms with E-state index in [1.165, 1.54) is 38.6 Å². The van der Waals surface area contributed by atoms with Gasteiger partial charge in [0.1, 0.15) is 5.78 Å². The van der Waals surface area contributed by atoms with Crippen LogP contribution in [-0.2, 0) is 4.79 Å². The third kappa shape index (κ3) is 2.85. The van der Waals surface area contributed by atoms with E-state index in [9.17, 15) is 4.79 Å². The smallest absolute Gasteiger partial charge is 0.137 e. The number of Topliss-reactive ketones (excluding diaryl/α,β-unsaturated/α-hetero) is 1. The molecule has 0 bridgehead atoms. The van der Waals surface area contributed by atoms with E-state index in [-0.39, 0.29) is 0 Å². The average Bonchev–Trinajstić information content (AvgIpc) is 2.33. The van der Waals surface area contributed by atoms with E-state index >= 15 is 0 Å². The molecule has 2 rings (SSSR count). The molecule has 1 heterocycles. The molecule has 2 heteroatoms. The summed E-state index contributed by atoms with van der Waals surface area (Å²) in [4.78, 5) is 14.4. The van der Waals surface area contributed by atoms with Gasteiger partial charge in [-0.1, -0.05) is 19.8 Å². The maximum atomic E-state index is 11.8. The summed E-state index contributed by atoms with van der Waals surface area (Å²) >= 11 is 0. The molecule has 2 unspecified atom stereocenters. The molecule has 1 saturated carbocycles. The number of hydrogen-bond donors (Lipinski definition) is 0. The van der Waals surface area contributed by atoms with E-state index in [2.05, 4.69) is 11.8 Å². The van der Waals surface area contributed by atoms with Gasteiger partial charge in [-0.25, -0.2) is 0 Å². The van der Waals surface area contributed by atoms with Gasteiger partial charge in [0, 0.05) is 24.9 Å². The molecular weight excluding hydrogens is 198 g/mol. The van der Waals surface area contributed by atoms with Crippen molar-refractivity contribution < 1.29 is 4.79 Å². The summed E-state index contributed by atoms with van der Waals surface area (Å²) in [5.74, 6) is 0.896. The molecule has 1 aliphatic carbocycles. The van der Waals surface area contributed by atoms with Crippen LogP contribution >= 0.6 is 0 Å². The van der Waals surface area contributed by atoms with Crippen molar-refractivity contribution in [3.05, 3.63) is 0 Å². The lowest BCUT2D eigenvalue weighted by atomic mass is 9.86. The van der Waals surface area contributed by atoms with Gasteiger partial charge in [0.2, 0.25) is 0 Å². The van der Waals surface area contributed by atoms with Gasteiger partial charge >= 0.3 is 0 Å². The number of hydrogen-bond acceptors (Lipinski definition) is 2. The normalized spacial score (nSPS) is 32.9. The van der Waals surface area contributed by atoms with Gasteiger partial charge in [-0.05, 0) is 38.6 Å². The van der Waals surface area contributed by atoms with Crippen LogP contribution in [0.3, 0.4) is 0 Å². The number of likely N-dealkylation sites (tertiary alicyclic amines) is 1. The first-order chi connectivity index (χ1) is 7.81. The third-order valence-corrected chi connectivity index (χ3v) is 4.36. The average molecular weight is 223 g/mol. The molecule has 92 valence electrons. The van der Waals surface area contributed by atoms with Crippen LogP contribution in [0.25, 0.3) is 0 Å². The fraction of sp³-hybridized carbons (Fsp3) is 0.929. The fourth-order valence-electron chi connectivity index (χ4n) is 3.29. The Morgan fingerprint density at radius 1 is 1.19 bits per heavy atom. The van der Waals surface area contributed by atoms with Crippen LogP contribution in [0.5, 0.6) is 0 Å². The second-order valence-corrected chi connectivity index (χ2v) is 5.46. The molecule has 16 heavy (non-hydrogen) atoms. The van der Waals surface area contributed by atoms with Crippen molar-refractivity contribution >= 4 is 5.78 Å². The molecule has 0 aromatic rings. The van der Waals surface area contributed by atoms with Crippen molar-refractivity contribution in [2.24, 2.45) is 5.92 Å². The Morgan fingerprint density at radius 3 is 2.75 bits per heavy atom. The van der Waals surface area contributed by atoms with E-state index in [1.54, 1.807) is 0 Å². The van der Waals surface area contributed by atoms with Gasteiger partial charge in [0.15, 0.2) is 0 Å². The first-order valence-electron chi connectivity index (χ1n) is 7.08. The van der Waals surface area contributed by atoms with Gasteiger partial charge < -0.3 is 0 Å². The van der Waals surface area contributed by atoms with E-state index in [0.29, 0.717) is 11.7 Å². The number of carbonyl (C=O) groups excluding carboxylic acids is 1. The number of carbonyl (C=O) groups is 1. The molecule has 0 spiro atoms. The Kier molecular flexibility index (Phi) is 4.39. The SMILES string of the molecule is CCC1CCCCN1CC1CCCCC1=O. The van der Waals surface area contributed by atoms with Crippen molar-refractivity contribution in [1.82, 2.24) is 4.90 Å². The van der Waals surface area contributed by atoms with Gasteiger partial charge in [-0.2, -0.15) is 0 Å². The number of piperidine rings is 1. The van der Waals surface area contributed by atoms with Gasteiger partial charge in [-0.3, -0.25) is 9.69 Å². The highest BCUT2D eigenvalue weighted by atomic mass is 16.1. The van der Waals surface area contributed by atoms with Crippen LogP contribution in [0.15, 0.2) is 0 Å². The minimum atomic E-state index is 0.362. The van der Waals surface area contributed by atoms with Crippen LogP contribution in [-0.4, -0.2) is 29.8 Å². The lowest BCUT2D eigenvalue weighted by Crippen LogP contribution is -2.43. The molecular formula is C14H25NO. The first-order valence-corrected chi connectivity index (χ1v) is 7.08. The minimum absolute atomic E-state index is 0.362. The zero-order valence-corrected chi connectivity index (χ0v) is 10.6. The molecule has 0 N–H and O–H groups in total. The predicted molar refractivity (Wildman–Crippen MR) is 66.5 cm³/mol. The minimum Gasteiger partial charge on any atom is -0.300 e. The maximum Gasteiger partial charge on any atom is 0.137 e. The molecule has 0 amide bonds. The summed E-state index contributed by atoms with van der Waals surface area (Å²) < 4.78 is 0. The first kappa shape index (κ1) is 12.1. The summed E-state index contributed by atoms with van der Waals surface area (Å²) in [6.45, 7) is 4.56. The summed E-state index contributed by atoms with van der Waals surface area (Å²) in [7, 11) is 0. The lowest BCUT2D eigenvalue weighted by molar-refractivity contribution is -0.125. The number of ketones is 1. The molecule has 2 atom stereocenters. The topological polar surface area (TPSA) is 20.3 Å². The van der Waals surface area contributed by atoms with Crippen LogP contribution in [0.1, 0.15) is 58.3 Å². The Labute approximate surface area is 99.4 Å². The van der Waals surface area contributed by atoms with Crippen LogP contribution in [0.2, 0.25) is 0 Å². The molecule has 0 aromatic heterocycles. The molecule has 0 aromatic carbocycles. The molecule has 0 radical (unpaired) electrons. The lowest BCUT2D eigenvalue weighted by Gasteiger charge is -2.38. The zero-order valence-electron chi connectivity index (χ0n) is 10.6. The second kappa shape index (κ2) is 5.81. The van der Waals surface area contributed by atoms with E-state index < -0.39 is 0 Å². The number of nitrogens with zero attached hydrogens (tertiary/aromatic N) is 1. The molecule has 2 fully saturated rings. The second-order valence-electron chi connectivity index (χ2n) is 5.46.